The zero-order chi connectivity index (χ0) is 13.1. The quantitative estimate of drug-likeness (QED) is 0.805. The van der Waals surface area contributed by atoms with Gasteiger partial charge < -0.3 is 5.32 Å². The molecule has 0 spiro atoms. The van der Waals surface area contributed by atoms with Gasteiger partial charge in [0.15, 0.2) is 0 Å². The Labute approximate surface area is 116 Å². The predicted octanol–water partition coefficient (Wildman–Crippen LogP) is 5.31. The predicted molar refractivity (Wildman–Crippen MR) is 74.9 cm³/mol. The number of rotatable bonds is 3. The fourth-order valence-corrected chi connectivity index (χ4v) is 2.20. The normalized spacial score (nSPS) is 12.2. The van der Waals surface area contributed by atoms with Crippen LogP contribution in [0.4, 0.5) is 10.1 Å². The van der Waals surface area contributed by atoms with E-state index in [1.54, 1.807) is 18.2 Å². The third-order valence-electron chi connectivity index (χ3n) is 2.68. The summed E-state index contributed by atoms with van der Waals surface area (Å²) in [6.07, 6.45) is 0. The van der Waals surface area contributed by atoms with Gasteiger partial charge in [-0.25, -0.2) is 4.39 Å². The molecule has 0 aliphatic heterocycles. The Kier molecular flexibility index (Phi) is 4.10. The maximum Gasteiger partial charge on any atom is 0.123 e. The van der Waals surface area contributed by atoms with Crippen molar-refractivity contribution in [2.45, 2.75) is 13.0 Å². The van der Waals surface area contributed by atoms with Crippen molar-refractivity contribution in [3.8, 4) is 0 Å². The van der Waals surface area contributed by atoms with Gasteiger partial charge in [0.25, 0.3) is 0 Å². The second-order valence-electron chi connectivity index (χ2n) is 4.02. The summed E-state index contributed by atoms with van der Waals surface area (Å²) < 4.78 is 12.8. The summed E-state index contributed by atoms with van der Waals surface area (Å²) in [4.78, 5) is 0. The van der Waals surface area contributed by atoms with Gasteiger partial charge in [-0.2, -0.15) is 0 Å². The molecular weight excluding hydrogens is 272 g/mol. The van der Waals surface area contributed by atoms with E-state index in [0.29, 0.717) is 10.0 Å². The van der Waals surface area contributed by atoms with Gasteiger partial charge in [0.2, 0.25) is 0 Å². The molecule has 0 saturated heterocycles. The Bertz CT molecular complexity index is 540. The van der Waals surface area contributed by atoms with Crippen LogP contribution in [-0.2, 0) is 0 Å². The molecule has 0 radical (unpaired) electrons. The van der Waals surface area contributed by atoms with E-state index in [2.05, 4.69) is 5.32 Å². The standard InChI is InChI=1S/C14H12Cl2FN/c1-9(12-3-2-4-13(15)14(12)16)18-11-7-5-10(17)6-8-11/h2-9,18H,1H3. The molecule has 0 amide bonds. The fourth-order valence-electron chi connectivity index (χ4n) is 1.73. The van der Waals surface area contributed by atoms with Crippen LogP contribution >= 0.6 is 23.2 Å². The molecule has 0 bridgehead atoms. The van der Waals surface area contributed by atoms with Crippen LogP contribution in [0.2, 0.25) is 10.0 Å². The van der Waals surface area contributed by atoms with Crippen LogP contribution in [0.15, 0.2) is 42.5 Å². The second-order valence-corrected chi connectivity index (χ2v) is 4.80. The van der Waals surface area contributed by atoms with Crippen molar-refractivity contribution >= 4 is 28.9 Å². The van der Waals surface area contributed by atoms with E-state index in [0.717, 1.165) is 11.3 Å². The molecule has 1 atom stereocenters. The fraction of sp³-hybridized carbons (Fsp3) is 0.143. The Morgan fingerprint density at radius 2 is 1.72 bits per heavy atom. The average molecular weight is 284 g/mol. The topological polar surface area (TPSA) is 12.0 Å². The smallest absolute Gasteiger partial charge is 0.123 e. The summed E-state index contributed by atoms with van der Waals surface area (Å²) in [6.45, 7) is 1.97. The highest BCUT2D eigenvalue weighted by atomic mass is 35.5. The SMILES string of the molecule is CC(Nc1ccc(F)cc1)c1cccc(Cl)c1Cl. The molecule has 0 heterocycles. The lowest BCUT2D eigenvalue weighted by atomic mass is 10.1. The number of halogens is 3. The van der Waals surface area contributed by atoms with E-state index in [9.17, 15) is 4.39 Å². The van der Waals surface area contributed by atoms with Crippen LogP contribution in [0, 0.1) is 5.82 Å². The summed E-state index contributed by atoms with van der Waals surface area (Å²) in [7, 11) is 0. The van der Waals surface area contributed by atoms with Crippen LogP contribution in [0.25, 0.3) is 0 Å². The number of anilines is 1. The van der Waals surface area contributed by atoms with E-state index < -0.39 is 0 Å². The Hall–Kier alpha value is -1.25. The molecule has 2 aromatic rings. The molecule has 1 N–H and O–H groups in total. The lowest BCUT2D eigenvalue weighted by Gasteiger charge is -2.17. The van der Waals surface area contributed by atoms with Gasteiger partial charge in [-0.1, -0.05) is 35.3 Å². The molecule has 0 saturated carbocycles. The molecule has 2 aromatic carbocycles. The highest BCUT2D eigenvalue weighted by Gasteiger charge is 2.11. The molecule has 2 rings (SSSR count). The van der Waals surface area contributed by atoms with Crippen LogP contribution in [-0.4, -0.2) is 0 Å². The van der Waals surface area contributed by atoms with Gasteiger partial charge in [0.1, 0.15) is 5.82 Å². The molecule has 1 nitrogen and oxygen atoms in total. The Morgan fingerprint density at radius 1 is 1.06 bits per heavy atom. The van der Waals surface area contributed by atoms with Crippen LogP contribution in [0.1, 0.15) is 18.5 Å². The molecule has 0 aliphatic carbocycles. The van der Waals surface area contributed by atoms with Crippen molar-refractivity contribution in [1.82, 2.24) is 0 Å². The first-order valence-corrected chi connectivity index (χ1v) is 6.29. The molecular formula is C14H12Cl2FN. The highest BCUT2D eigenvalue weighted by Crippen LogP contribution is 2.31. The summed E-state index contributed by atoms with van der Waals surface area (Å²) in [5.41, 5.74) is 1.74. The van der Waals surface area contributed by atoms with Gasteiger partial charge in [0, 0.05) is 5.69 Å². The Morgan fingerprint density at radius 3 is 2.39 bits per heavy atom. The van der Waals surface area contributed by atoms with Gasteiger partial charge >= 0.3 is 0 Å². The molecule has 94 valence electrons. The lowest BCUT2D eigenvalue weighted by molar-refractivity contribution is 0.628. The minimum atomic E-state index is -0.256. The molecule has 0 aliphatic rings. The maximum atomic E-state index is 12.8. The largest absolute Gasteiger partial charge is 0.378 e. The van der Waals surface area contributed by atoms with Crippen molar-refractivity contribution < 1.29 is 4.39 Å². The summed E-state index contributed by atoms with van der Waals surface area (Å²) >= 11 is 12.1. The van der Waals surface area contributed by atoms with Crippen LogP contribution in [0.5, 0.6) is 0 Å². The third kappa shape index (κ3) is 2.95. The number of hydrogen-bond donors (Lipinski definition) is 1. The number of nitrogens with one attached hydrogen (secondary N) is 1. The molecule has 0 aromatic heterocycles. The summed E-state index contributed by atoms with van der Waals surface area (Å²) in [5, 5.41) is 4.32. The zero-order valence-corrected chi connectivity index (χ0v) is 11.3. The van der Waals surface area contributed by atoms with Gasteiger partial charge in [-0.3, -0.25) is 0 Å². The minimum absolute atomic E-state index is 0.0124. The van der Waals surface area contributed by atoms with E-state index in [-0.39, 0.29) is 11.9 Å². The average Bonchev–Trinajstić information content (AvgIpc) is 2.35. The molecule has 4 heteroatoms. The van der Waals surface area contributed by atoms with E-state index in [1.807, 2.05) is 19.1 Å². The maximum absolute atomic E-state index is 12.8. The van der Waals surface area contributed by atoms with Crippen molar-refractivity contribution in [2.75, 3.05) is 5.32 Å². The lowest BCUT2D eigenvalue weighted by Crippen LogP contribution is -2.07. The molecule has 18 heavy (non-hydrogen) atoms. The van der Waals surface area contributed by atoms with Crippen molar-refractivity contribution in [3.63, 3.8) is 0 Å². The highest BCUT2D eigenvalue weighted by molar-refractivity contribution is 6.42. The van der Waals surface area contributed by atoms with E-state index in [1.165, 1.54) is 12.1 Å². The van der Waals surface area contributed by atoms with Gasteiger partial charge in [0.05, 0.1) is 16.1 Å². The van der Waals surface area contributed by atoms with Crippen LogP contribution in [0.3, 0.4) is 0 Å². The molecule has 0 fully saturated rings. The second kappa shape index (κ2) is 5.59. The van der Waals surface area contributed by atoms with Crippen LogP contribution < -0.4 is 5.32 Å². The van der Waals surface area contributed by atoms with Crippen molar-refractivity contribution in [1.29, 1.82) is 0 Å². The van der Waals surface area contributed by atoms with Crippen molar-refractivity contribution in [2.24, 2.45) is 0 Å². The van der Waals surface area contributed by atoms with E-state index >= 15 is 0 Å². The van der Waals surface area contributed by atoms with Gasteiger partial charge in [-0.15, -0.1) is 0 Å². The number of benzene rings is 2. The van der Waals surface area contributed by atoms with Crippen molar-refractivity contribution in [3.05, 3.63) is 63.9 Å². The molecule has 1 unspecified atom stereocenters. The zero-order valence-electron chi connectivity index (χ0n) is 9.75. The first kappa shape index (κ1) is 13.2. The minimum Gasteiger partial charge on any atom is -0.378 e. The van der Waals surface area contributed by atoms with Gasteiger partial charge in [-0.05, 0) is 42.8 Å². The first-order valence-electron chi connectivity index (χ1n) is 5.54. The summed E-state index contributed by atoms with van der Waals surface area (Å²) in [5.74, 6) is -0.256. The van der Waals surface area contributed by atoms with E-state index in [4.69, 9.17) is 23.2 Å². The number of hydrogen-bond acceptors (Lipinski definition) is 1. The summed E-state index contributed by atoms with van der Waals surface area (Å²) in [6, 6.07) is 11.7. The first-order chi connectivity index (χ1) is 8.58. The third-order valence-corrected chi connectivity index (χ3v) is 3.51. The Balaban J connectivity index is 2.19. The monoisotopic (exact) mass is 283 g/mol.